The maximum Gasteiger partial charge on any atom is 0.253 e. The molecule has 0 fully saturated rings. The van der Waals surface area contributed by atoms with E-state index in [4.69, 9.17) is 0 Å². The van der Waals surface area contributed by atoms with Crippen LogP contribution >= 0.6 is 0 Å². The summed E-state index contributed by atoms with van der Waals surface area (Å²) in [5, 5.41) is 0. The Hall–Kier alpha value is -1.12. The average molecular weight is 194 g/mol. The molecule has 0 amide bonds. The number of aryl methyl sites for hydroxylation is 1. The van der Waals surface area contributed by atoms with Crippen LogP contribution < -0.4 is 5.56 Å². The van der Waals surface area contributed by atoms with Crippen molar-refractivity contribution in [2.24, 2.45) is 0 Å². The predicted molar refractivity (Wildman–Crippen MR) is 57.3 cm³/mol. The van der Waals surface area contributed by atoms with Gasteiger partial charge in [-0.2, -0.15) is 0 Å². The third kappa shape index (κ3) is 3.73. The van der Waals surface area contributed by atoms with E-state index in [0.717, 1.165) is 13.0 Å². The minimum atomic E-state index is 0.0514. The summed E-state index contributed by atoms with van der Waals surface area (Å²) in [7, 11) is 0. The average Bonchev–Trinajstić information content (AvgIpc) is 2.20. The van der Waals surface area contributed by atoms with Gasteiger partial charge in [0.25, 0.3) is 5.56 Å². The number of rotatable bonds is 6. The van der Waals surface area contributed by atoms with Crippen LogP contribution in [0.25, 0.3) is 0 Å². The van der Waals surface area contributed by atoms with Crippen LogP contribution in [0.5, 0.6) is 0 Å². The number of aromatic nitrogens is 2. The van der Waals surface area contributed by atoms with Gasteiger partial charge in [-0.25, -0.2) is 4.98 Å². The first kappa shape index (κ1) is 11.0. The van der Waals surface area contributed by atoms with Gasteiger partial charge in [0.2, 0.25) is 0 Å². The van der Waals surface area contributed by atoms with Crippen LogP contribution in [-0.2, 0) is 6.54 Å². The smallest absolute Gasteiger partial charge is 0.253 e. The van der Waals surface area contributed by atoms with Gasteiger partial charge in [0, 0.05) is 18.8 Å². The first-order chi connectivity index (χ1) is 6.84. The summed E-state index contributed by atoms with van der Waals surface area (Å²) in [5.74, 6) is 0. The first-order valence-electron chi connectivity index (χ1n) is 5.35. The van der Waals surface area contributed by atoms with E-state index >= 15 is 0 Å². The summed E-state index contributed by atoms with van der Waals surface area (Å²) < 4.78 is 1.67. The highest BCUT2D eigenvalue weighted by atomic mass is 16.1. The third-order valence-electron chi connectivity index (χ3n) is 2.29. The maximum absolute atomic E-state index is 11.3. The van der Waals surface area contributed by atoms with Crippen molar-refractivity contribution in [1.82, 2.24) is 9.55 Å². The standard InChI is InChI=1S/C11H18N2O/c1-2-3-4-5-6-9-13-10-12-8-7-11(13)14/h7-8,10H,2-6,9H2,1H3. The Morgan fingerprint density at radius 2 is 2.07 bits per heavy atom. The number of nitrogens with zero attached hydrogens (tertiary/aromatic N) is 2. The Morgan fingerprint density at radius 1 is 1.29 bits per heavy atom. The second-order valence-corrected chi connectivity index (χ2v) is 3.53. The van der Waals surface area contributed by atoms with Crippen LogP contribution in [0.4, 0.5) is 0 Å². The zero-order valence-electron chi connectivity index (χ0n) is 8.78. The van der Waals surface area contributed by atoms with Crippen molar-refractivity contribution in [3.8, 4) is 0 Å². The molecule has 0 atom stereocenters. The monoisotopic (exact) mass is 194 g/mol. The van der Waals surface area contributed by atoms with Gasteiger partial charge < -0.3 is 0 Å². The highest BCUT2D eigenvalue weighted by molar-refractivity contribution is 4.81. The zero-order valence-corrected chi connectivity index (χ0v) is 8.78. The molecule has 1 aromatic rings. The van der Waals surface area contributed by atoms with E-state index in [1.165, 1.54) is 37.9 Å². The molecule has 0 aliphatic rings. The van der Waals surface area contributed by atoms with Crippen molar-refractivity contribution in [2.75, 3.05) is 0 Å². The van der Waals surface area contributed by atoms with E-state index < -0.39 is 0 Å². The van der Waals surface area contributed by atoms with Gasteiger partial charge in [0.05, 0.1) is 6.33 Å². The summed E-state index contributed by atoms with van der Waals surface area (Å²) in [6, 6.07) is 1.51. The van der Waals surface area contributed by atoms with Crippen LogP contribution in [0, 0.1) is 0 Å². The summed E-state index contributed by atoms with van der Waals surface area (Å²) in [4.78, 5) is 15.2. The summed E-state index contributed by atoms with van der Waals surface area (Å²) >= 11 is 0. The van der Waals surface area contributed by atoms with Crippen molar-refractivity contribution in [3.05, 3.63) is 28.9 Å². The van der Waals surface area contributed by atoms with Crippen molar-refractivity contribution in [3.63, 3.8) is 0 Å². The lowest BCUT2D eigenvalue weighted by Crippen LogP contribution is -2.18. The van der Waals surface area contributed by atoms with Crippen molar-refractivity contribution < 1.29 is 0 Å². The molecule has 1 aromatic heterocycles. The van der Waals surface area contributed by atoms with Crippen LogP contribution in [0.3, 0.4) is 0 Å². The van der Waals surface area contributed by atoms with Crippen LogP contribution in [0.2, 0.25) is 0 Å². The maximum atomic E-state index is 11.3. The Bertz CT molecular complexity index is 306. The van der Waals surface area contributed by atoms with E-state index in [1.54, 1.807) is 10.9 Å². The molecule has 78 valence electrons. The molecule has 3 nitrogen and oxygen atoms in total. The predicted octanol–water partition coefficient (Wildman–Crippen LogP) is 2.21. The lowest BCUT2D eigenvalue weighted by molar-refractivity contribution is 0.553. The summed E-state index contributed by atoms with van der Waals surface area (Å²) in [5.41, 5.74) is 0.0514. The highest BCUT2D eigenvalue weighted by Crippen LogP contribution is 2.02. The van der Waals surface area contributed by atoms with Crippen molar-refractivity contribution >= 4 is 0 Å². The molecule has 14 heavy (non-hydrogen) atoms. The normalized spacial score (nSPS) is 10.4. The van der Waals surface area contributed by atoms with Gasteiger partial charge in [-0.3, -0.25) is 9.36 Å². The van der Waals surface area contributed by atoms with Crippen LogP contribution in [-0.4, -0.2) is 9.55 Å². The topological polar surface area (TPSA) is 34.9 Å². The molecule has 0 bridgehead atoms. The molecule has 1 rings (SSSR count). The SMILES string of the molecule is CCCCCCCn1cnccc1=O. The third-order valence-corrected chi connectivity index (χ3v) is 2.29. The van der Waals surface area contributed by atoms with Gasteiger partial charge in [-0.15, -0.1) is 0 Å². The fraction of sp³-hybridized carbons (Fsp3) is 0.636. The van der Waals surface area contributed by atoms with Crippen molar-refractivity contribution in [1.29, 1.82) is 0 Å². The molecule has 3 heteroatoms. The van der Waals surface area contributed by atoms with Gasteiger partial charge in [-0.1, -0.05) is 32.6 Å². The molecule has 0 spiro atoms. The molecule has 0 radical (unpaired) electrons. The molecule has 0 aliphatic heterocycles. The summed E-state index contributed by atoms with van der Waals surface area (Å²) in [6.45, 7) is 3.00. The molecule has 0 unspecified atom stereocenters. The Kier molecular flexibility index (Phi) is 4.97. The van der Waals surface area contributed by atoms with Gasteiger partial charge in [0.15, 0.2) is 0 Å². The molecule has 0 saturated carbocycles. The van der Waals surface area contributed by atoms with E-state index in [-0.39, 0.29) is 5.56 Å². The molecule has 0 aromatic carbocycles. The Morgan fingerprint density at radius 3 is 2.79 bits per heavy atom. The number of unbranched alkanes of at least 4 members (excludes halogenated alkanes) is 4. The molecule has 0 saturated heterocycles. The van der Waals surface area contributed by atoms with Gasteiger partial charge in [-0.05, 0) is 6.42 Å². The fourth-order valence-corrected chi connectivity index (χ4v) is 1.43. The Balaban J connectivity index is 2.25. The minimum Gasteiger partial charge on any atom is -0.299 e. The molecule has 0 N–H and O–H groups in total. The molecular weight excluding hydrogens is 176 g/mol. The van der Waals surface area contributed by atoms with Gasteiger partial charge in [0.1, 0.15) is 0 Å². The largest absolute Gasteiger partial charge is 0.299 e. The van der Waals surface area contributed by atoms with Crippen molar-refractivity contribution in [2.45, 2.75) is 45.6 Å². The van der Waals surface area contributed by atoms with Crippen LogP contribution in [0.1, 0.15) is 39.0 Å². The minimum absolute atomic E-state index is 0.0514. The Labute approximate surface area is 84.8 Å². The van der Waals surface area contributed by atoms with Crippen LogP contribution in [0.15, 0.2) is 23.4 Å². The van der Waals surface area contributed by atoms with Gasteiger partial charge >= 0.3 is 0 Å². The molecular formula is C11H18N2O. The molecule has 0 aliphatic carbocycles. The molecule has 1 heterocycles. The number of hydrogen-bond acceptors (Lipinski definition) is 2. The lowest BCUT2D eigenvalue weighted by Gasteiger charge is -2.03. The van der Waals surface area contributed by atoms with E-state index in [9.17, 15) is 4.79 Å². The first-order valence-corrected chi connectivity index (χ1v) is 5.35. The van der Waals surface area contributed by atoms with E-state index in [1.807, 2.05) is 0 Å². The second kappa shape index (κ2) is 6.35. The van der Waals surface area contributed by atoms with E-state index in [2.05, 4.69) is 11.9 Å². The highest BCUT2D eigenvalue weighted by Gasteiger charge is 1.94. The van der Waals surface area contributed by atoms with E-state index in [0.29, 0.717) is 0 Å². The fourth-order valence-electron chi connectivity index (χ4n) is 1.43. The lowest BCUT2D eigenvalue weighted by atomic mass is 10.1. The second-order valence-electron chi connectivity index (χ2n) is 3.53. The zero-order chi connectivity index (χ0) is 10.2. The number of hydrogen-bond donors (Lipinski definition) is 0. The summed E-state index contributed by atoms with van der Waals surface area (Å²) in [6.07, 6.45) is 9.25. The quantitative estimate of drug-likeness (QED) is 0.651.